The van der Waals surface area contributed by atoms with E-state index in [1.165, 1.54) is 128 Å². The van der Waals surface area contributed by atoms with Crippen molar-refractivity contribution in [2.75, 3.05) is 13.2 Å². The Morgan fingerprint density at radius 3 is 1.35 bits per heavy atom. The summed E-state index contributed by atoms with van der Waals surface area (Å²) in [5.41, 5.74) is 0. The number of aliphatic hydroxyl groups is 5. The summed E-state index contributed by atoms with van der Waals surface area (Å²) < 4.78 is 17.6. The molecule has 0 aliphatic carbocycles. The number of rotatable bonds is 55. The van der Waals surface area contributed by atoms with Gasteiger partial charge in [0.2, 0.25) is 5.91 Å². The molecule has 1 rings (SSSR count). The molecule has 0 bridgehead atoms. The van der Waals surface area contributed by atoms with Crippen molar-refractivity contribution in [2.24, 2.45) is 0 Å². The zero-order chi connectivity index (χ0) is 58.9. The van der Waals surface area contributed by atoms with Crippen LogP contribution in [0.3, 0.4) is 0 Å². The van der Waals surface area contributed by atoms with Gasteiger partial charge < -0.3 is 45.1 Å². The third-order valence-corrected chi connectivity index (χ3v) is 15.0. The van der Waals surface area contributed by atoms with Gasteiger partial charge in [-0.1, -0.05) is 259 Å². The Balaban J connectivity index is 2.65. The Morgan fingerprint density at radius 2 is 0.889 bits per heavy atom. The van der Waals surface area contributed by atoms with Gasteiger partial charge in [-0.3, -0.25) is 9.59 Å². The maximum absolute atomic E-state index is 13.4. The molecule has 11 nitrogen and oxygen atoms in total. The van der Waals surface area contributed by atoms with Crippen molar-refractivity contribution < 1.29 is 49.3 Å². The molecule has 466 valence electrons. The van der Waals surface area contributed by atoms with Crippen LogP contribution < -0.4 is 5.32 Å². The molecule has 1 heterocycles. The lowest BCUT2D eigenvalue weighted by molar-refractivity contribution is -0.305. The summed E-state index contributed by atoms with van der Waals surface area (Å²) in [5, 5.41) is 57.1. The van der Waals surface area contributed by atoms with Crippen LogP contribution in [0.25, 0.3) is 0 Å². The Labute approximate surface area is 495 Å². The van der Waals surface area contributed by atoms with Crippen molar-refractivity contribution in [1.82, 2.24) is 5.32 Å². The van der Waals surface area contributed by atoms with Crippen LogP contribution in [0, 0.1) is 0 Å². The van der Waals surface area contributed by atoms with Crippen LogP contribution >= 0.6 is 0 Å². The summed E-state index contributed by atoms with van der Waals surface area (Å²) >= 11 is 0. The molecule has 8 unspecified atom stereocenters. The van der Waals surface area contributed by atoms with Crippen molar-refractivity contribution in [1.29, 1.82) is 0 Å². The number of carbonyl (C=O) groups is 2. The molecule has 11 heteroatoms. The monoisotopic (exact) mass is 1140 g/mol. The van der Waals surface area contributed by atoms with Crippen LogP contribution in [0.2, 0.25) is 0 Å². The summed E-state index contributed by atoms with van der Waals surface area (Å²) in [7, 11) is 0. The number of ether oxygens (including phenoxy) is 3. The van der Waals surface area contributed by atoms with Crippen molar-refractivity contribution in [3.05, 3.63) is 97.2 Å². The minimum absolute atomic E-state index is 0.0645. The number of hydrogen-bond donors (Lipinski definition) is 6. The van der Waals surface area contributed by atoms with Crippen LogP contribution in [0.1, 0.15) is 271 Å². The number of allylic oxidation sites excluding steroid dienone is 15. The highest BCUT2D eigenvalue weighted by molar-refractivity contribution is 5.80. The van der Waals surface area contributed by atoms with E-state index in [0.29, 0.717) is 12.8 Å². The van der Waals surface area contributed by atoms with Gasteiger partial charge in [-0.15, -0.1) is 0 Å². The van der Waals surface area contributed by atoms with Gasteiger partial charge in [0.1, 0.15) is 24.4 Å². The maximum atomic E-state index is 13.4. The number of unbranched alkanes of at least 4 members (excludes halogenated alkanes) is 27. The average molecular weight is 1140 g/mol. The molecule has 1 fully saturated rings. The van der Waals surface area contributed by atoms with Gasteiger partial charge in [-0.05, 0) is 103 Å². The predicted molar refractivity (Wildman–Crippen MR) is 338 cm³/mol. The van der Waals surface area contributed by atoms with E-state index in [2.05, 4.69) is 111 Å². The molecule has 81 heavy (non-hydrogen) atoms. The molecule has 1 saturated heterocycles. The quantitative estimate of drug-likeness (QED) is 0.0195. The first-order valence-corrected chi connectivity index (χ1v) is 33.0. The van der Waals surface area contributed by atoms with Crippen LogP contribution in [-0.4, -0.2) is 99.6 Å². The van der Waals surface area contributed by atoms with Crippen LogP contribution in [0.15, 0.2) is 97.2 Å². The predicted octanol–water partition coefficient (Wildman–Crippen LogP) is 16.3. The summed E-state index contributed by atoms with van der Waals surface area (Å²) in [4.78, 5) is 26.6. The molecule has 1 amide bonds. The van der Waals surface area contributed by atoms with Gasteiger partial charge in [-0.2, -0.15) is 0 Å². The van der Waals surface area contributed by atoms with Crippen molar-refractivity contribution in [3.8, 4) is 0 Å². The van der Waals surface area contributed by atoms with Crippen molar-refractivity contribution in [2.45, 2.75) is 320 Å². The Kier molecular flexibility index (Phi) is 53.2. The second-order valence-electron chi connectivity index (χ2n) is 22.5. The molecule has 1 aliphatic rings. The number of esters is 1. The lowest BCUT2D eigenvalue weighted by Crippen LogP contribution is -2.61. The van der Waals surface area contributed by atoms with Gasteiger partial charge in [-0.25, -0.2) is 0 Å². The first-order valence-electron chi connectivity index (χ1n) is 33.0. The van der Waals surface area contributed by atoms with Crippen LogP contribution in [-0.2, 0) is 23.8 Å². The first-order chi connectivity index (χ1) is 39.7. The SMILES string of the molecule is CC/C=C\C/C=C\C/C=C\C/C=C\C/C=C\C/C=C\CCCCC(=O)OC1C(OCC(NC(=O)C(O)CCCCCCCCCCCC/C=C/CCCCCCCC)C(O)/C=C/CCCCCCCCCCC)OC(CO)C(O)C1O. The zero-order valence-corrected chi connectivity index (χ0v) is 51.6. The van der Waals surface area contributed by atoms with E-state index in [9.17, 15) is 35.1 Å². The Morgan fingerprint density at radius 1 is 0.494 bits per heavy atom. The Hall–Kier alpha value is -3.42. The lowest BCUT2D eigenvalue weighted by atomic mass is 9.99. The minimum Gasteiger partial charge on any atom is -0.454 e. The third kappa shape index (κ3) is 44.7. The summed E-state index contributed by atoms with van der Waals surface area (Å²) in [6.45, 7) is 5.65. The average Bonchev–Trinajstić information content (AvgIpc) is 3.50. The third-order valence-electron chi connectivity index (χ3n) is 15.0. The molecule has 0 saturated carbocycles. The molecule has 0 aromatic rings. The molecule has 8 atom stereocenters. The topological polar surface area (TPSA) is 175 Å². The highest BCUT2D eigenvalue weighted by Crippen LogP contribution is 2.26. The largest absolute Gasteiger partial charge is 0.454 e. The number of amides is 1. The van der Waals surface area contributed by atoms with Gasteiger partial charge in [0.15, 0.2) is 12.4 Å². The molecule has 0 spiro atoms. The molecular weight excluding hydrogens is 1010 g/mol. The molecule has 0 radical (unpaired) electrons. The smallest absolute Gasteiger partial charge is 0.306 e. The zero-order valence-electron chi connectivity index (χ0n) is 51.6. The number of nitrogens with one attached hydrogen (secondary N) is 1. The highest BCUT2D eigenvalue weighted by Gasteiger charge is 2.47. The van der Waals surface area contributed by atoms with E-state index in [4.69, 9.17) is 14.2 Å². The molecular formula is C70H121NO10. The molecule has 0 aromatic carbocycles. The molecule has 1 aliphatic heterocycles. The number of carbonyl (C=O) groups excluding carboxylic acids is 2. The second-order valence-corrected chi connectivity index (χ2v) is 22.5. The van der Waals surface area contributed by atoms with E-state index in [0.717, 1.165) is 96.3 Å². The fourth-order valence-corrected chi connectivity index (χ4v) is 9.77. The van der Waals surface area contributed by atoms with Crippen LogP contribution in [0.5, 0.6) is 0 Å². The Bertz CT molecular complexity index is 1690. The number of hydrogen-bond acceptors (Lipinski definition) is 10. The van der Waals surface area contributed by atoms with E-state index >= 15 is 0 Å². The summed E-state index contributed by atoms with van der Waals surface area (Å²) in [6, 6.07) is -1.04. The lowest BCUT2D eigenvalue weighted by Gasteiger charge is -2.41. The van der Waals surface area contributed by atoms with E-state index < -0.39 is 67.4 Å². The summed E-state index contributed by atoms with van der Waals surface area (Å²) in [6.07, 6.45) is 65.9. The fraction of sp³-hybridized carbons (Fsp3) is 0.743. The van der Waals surface area contributed by atoms with E-state index in [1.807, 2.05) is 6.08 Å². The highest BCUT2D eigenvalue weighted by atomic mass is 16.7. The van der Waals surface area contributed by atoms with Crippen molar-refractivity contribution >= 4 is 11.9 Å². The standard InChI is InChI=1S/C70H121NO10/c1-4-7-10-13-16-19-22-24-26-28-30-32-34-36-38-40-43-46-49-52-55-58-65(75)81-68-67(77)66(76)64(59-72)80-70(68)79-60-61(62(73)56-53-50-47-44-41-21-18-15-12-9-6-3)71-69(78)63(74)57-54-51-48-45-42-39-37-35-33-31-29-27-25-23-20-17-14-11-8-5-2/h7,10,16,19,24-27,30,32,36,38,43,46,53,56,61-64,66-68,70,72-74,76-77H,4-6,8-9,11-15,17-18,20-23,28-29,31,33-35,37,39-42,44-45,47-52,54-55,57-60H2,1-3H3,(H,71,78)/b10-7-,19-16-,26-24-,27-25+,32-30-,38-36-,46-43-,56-53+. The van der Waals surface area contributed by atoms with E-state index in [-0.39, 0.29) is 19.4 Å². The fourth-order valence-electron chi connectivity index (χ4n) is 9.77. The van der Waals surface area contributed by atoms with Gasteiger partial charge >= 0.3 is 5.97 Å². The minimum atomic E-state index is -1.64. The van der Waals surface area contributed by atoms with Gasteiger partial charge in [0.05, 0.1) is 25.4 Å². The van der Waals surface area contributed by atoms with Crippen molar-refractivity contribution in [3.63, 3.8) is 0 Å². The van der Waals surface area contributed by atoms with E-state index in [1.54, 1.807) is 6.08 Å². The van der Waals surface area contributed by atoms with Crippen LogP contribution in [0.4, 0.5) is 0 Å². The van der Waals surface area contributed by atoms with Gasteiger partial charge in [0.25, 0.3) is 0 Å². The molecule has 0 aromatic heterocycles. The maximum Gasteiger partial charge on any atom is 0.306 e. The summed E-state index contributed by atoms with van der Waals surface area (Å²) in [5.74, 6) is -1.24. The van der Waals surface area contributed by atoms with Gasteiger partial charge in [0, 0.05) is 6.42 Å². The number of aliphatic hydroxyl groups excluding tert-OH is 5. The normalized spacial score (nSPS) is 19.3. The molecule has 6 N–H and O–H groups in total. The second kappa shape index (κ2) is 57.0. The first kappa shape index (κ1) is 75.6.